The lowest BCUT2D eigenvalue weighted by Gasteiger charge is -2.07. The van der Waals surface area contributed by atoms with Crippen LogP contribution in [0, 0.1) is 29.6 Å². The zero-order chi connectivity index (χ0) is 17.0. The molecule has 3 nitrogen and oxygen atoms in total. The average Bonchev–Trinajstić information content (AvgIpc) is 3.21. The molecule has 0 spiro atoms. The highest BCUT2D eigenvalue weighted by molar-refractivity contribution is 5.67. The summed E-state index contributed by atoms with van der Waals surface area (Å²) in [5, 5.41) is 2.90. The summed E-state index contributed by atoms with van der Waals surface area (Å²) in [6.07, 6.45) is 14.5. The maximum Gasteiger partial charge on any atom is 0.407 e. The molecular weight excluding hydrogens is 298 g/mol. The normalized spacial score (nSPS) is 24.8. The van der Waals surface area contributed by atoms with Crippen LogP contribution in [0.25, 0.3) is 0 Å². The van der Waals surface area contributed by atoms with E-state index in [0.29, 0.717) is 12.5 Å². The smallest absolute Gasteiger partial charge is 0.407 e. The summed E-state index contributed by atoms with van der Waals surface area (Å²) in [5.41, 5.74) is 0. The van der Waals surface area contributed by atoms with Crippen LogP contribution in [0.1, 0.15) is 84.0 Å². The molecule has 3 atom stereocenters. The van der Waals surface area contributed by atoms with Crippen molar-refractivity contribution in [3.05, 3.63) is 0 Å². The number of ether oxygens (including phenoxy) is 1. The van der Waals surface area contributed by atoms with E-state index in [1.165, 1.54) is 57.8 Å². The number of hydrogen-bond donors (Lipinski definition) is 1. The third kappa shape index (κ3) is 7.16. The molecule has 0 bridgehead atoms. The molecule has 1 amide bonds. The molecule has 136 valence electrons. The fraction of sp³-hybridized carbons (Fsp3) is 0.857. The van der Waals surface area contributed by atoms with Crippen LogP contribution in [-0.2, 0) is 4.74 Å². The van der Waals surface area contributed by atoms with E-state index in [1.807, 2.05) is 0 Å². The molecule has 3 heteroatoms. The van der Waals surface area contributed by atoms with Crippen molar-refractivity contribution in [2.45, 2.75) is 84.0 Å². The quantitative estimate of drug-likeness (QED) is 0.412. The highest BCUT2D eigenvalue weighted by Crippen LogP contribution is 2.52. The maximum atomic E-state index is 11.8. The predicted molar refractivity (Wildman–Crippen MR) is 98.7 cm³/mol. The number of alkyl carbamates (subject to hydrolysis) is 1. The van der Waals surface area contributed by atoms with E-state index in [2.05, 4.69) is 24.1 Å². The van der Waals surface area contributed by atoms with Crippen molar-refractivity contribution in [1.82, 2.24) is 5.32 Å². The Bertz CT molecular complexity index is 405. The molecule has 2 aliphatic carbocycles. The predicted octanol–water partition coefficient (Wildman–Crippen LogP) is 5.29. The van der Waals surface area contributed by atoms with Gasteiger partial charge in [-0.1, -0.05) is 51.9 Å². The van der Waals surface area contributed by atoms with Gasteiger partial charge in [0.25, 0.3) is 0 Å². The fourth-order valence-electron chi connectivity index (χ4n) is 3.95. The van der Waals surface area contributed by atoms with Gasteiger partial charge in [0.2, 0.25) is 0 Å². The monoisotopic (exact) mass is 333 g/mol. The third-order valence-corrected chi connectivity index (χ3v) is 5.55. The first-order valence-corrected chi connectivity index (χ1v) is 10.2. The van der Waals surface area contributed by atoms with Gasteiger partial charge in [-0.3, -0.25) is 0 Å². The Balaban J connectivity index is 1.41. The number of carbonyl (C=O) groups is 1. The number of unbranched alkanes of at least 4 members (excludes halogenated alkanes) is 7. The molecule has 0 heterocycles. The van der Waals surface area contributed by atoms with Crippen molar-refractivity contribution in [2.24, 2.45) is 17.8 Å². The van der Waals surface area contributed by atoms with E-state index in [1.54, 1.807) is 0 Å². The van der Waals surface area contributed by atoms with Gasteiger partial charge in [-0.2, -0.15) is 0 Å². The first-order chi connectivity index (χ1) is 11.8. The summed E-state index contributed by atoms with van der Waals surface area (Å²) in [7, 11) is 0. The van der Waals surface area contributed by atoms with E-state index in [-0.39, 0.29) is 6.09 Å². The molecule has 2 rings (SSSR count). The molecule has 0 aromatic heterocycles. The largest absolute Gasteiger partial charge is 0.449 e. The molecule has 1 saturated carbocycles. The average molecular weight is 334 g/mol. The Morgan fingerprint density at radius 3 is 2.17 bits per heavy atom. The van der Waals surface area contributed by atoms with Crippen molar-refractivity contribution in [3.8, 4) is 11.8 Å². The molecule has 0 aromatic rings. The molecule has 2 aliphatic rings. The summed E-state index contributed by atoms with van der Waals surface area (Å²) < 4.78 is 5.42. The Morgan fingerprint density at radius 1 is 0.958 bits per heavy atom. The SMILES string of the molecule is CCCCCCCCCCNC(=O)OCC1[C@H]2CCC#CCC[C@@H]12. The number of amides is 1. The Kier molecular flexibility index (Phi) is 9.10. The Morgan fingerprint density at radius 2 is 1.54 bits per heavy atom. The summed E-state index contributed by atoms with van der Waals surface area (Å²) >= 11 is 0. The minimum Gasteiger partial charge on any atom is -0.449 e. The molecule has 1 N–H and O–H groups in total. The van der Waals surface area contributed by atoms with Gasteiger partial charge in [0.05, 0.1) is 6.61 Å². The molecule has 1 unspecified atom stereocenters. The summed E-state index contributed by atoms with van der Waals surface area (Å²) in [6.45, 7) is 3.59. The van der Waals surface area contributed by atoms with Gasteiger partial charge in [-0.25, -0.2) is 4.79 Å². The molecule has 24 heavy (non-hydrogen) atoms. The van der Waals surface area contributed by atoms with Gasteiger partial charge >= 0.3 is 6.09 Å². The van der Waals surface area contributed by atoms with Crippen LogP contribution in [0.15, 0.2) is 0 Å². The molecule has 1 fully saturated rings. The van der Waals surface area contributed by atoms with Crippen molar-refractivity contribution in [3.63, 3.8) is 0 Å². The molecule has 0 aromatic carbocycles. The van der Waals surface area contributed by atoms with E-state index < -0.39 is 0 Å². The Hall–Kier alpha value is -1.17. The van der Waals surface area contributed by atoms with Gasteiger partial charge < -0.3 is 10.1 Å². The van der Waals surface area contributed by atoms with E-state index in [4.69, 9.17) is 4.74 Å². The van der Waals surface area contributed by atoms with Crippen LogP contribution in [-0.4, -0.2) is 19.2 Å². The van der Waals surface area contributed by atoms with Crippen LogP contribution in [0.3, 0.4) is 0 Å². The molecule has 0 saturated heterocycles. The minimum atomic E-state index is -0.228. The van der Waals surface area contributed by atoms with Crippen molar-refractivity contribution < 1.29 is 9.53 Å². The number of hydrogen-bond acceptors (Lipinski definition) is 2. The maximum absolute atomic E-state index is 11.8. The highest BCUT2D eigenvalue weighted by atomic mass is 16.5. The van der Waals surface area contributed by atoms with Gasteiger partial charge in [0.1, 0.15) is 0 Å². The lowest BCUT2D eigenvalue weighted by molar-refractivity contribution is 0.137. The number of nitrogens with one attached hydrogen (secondary N) is 1. The second-order valence-corrected chi connectivity index (χ2v) is 7.42. The molecular formula is C21H35NO2. The van der Waals surface area contributed by atoms with E-state index in [9.17, 15) is 4.79 Å². The van der Waals surface area contributed by atoms with Crippen molar-refractivity contribution in [2.75, 3.05) is 13.2 Å². The van der Waals surface area contributed by atoms with Crippen molar-refractivity contribution >= 4 is 6.09 Å². The van der Waals surface area contributed by atoms with Gasteiger partial charge in [0, 0.05) is 19.4 Å². The van der Waals surface area contributed by atoms with Gasteiger partial charge in [-0.15, -0.1) is 11.8 Å². The lowest BCUT2D eigenvalue weighted by Crippen LogP contribution is -2.26. The van der Waals surface area contributed by atoms with Crippen LogP contribution in [0.2, 0.25) is 0 Å². The summed E-state index contributed by atoms with van der Waals surface area (Å²) in [6, 6.07) is 0. The van der Waals surface area contributed by atoms with Crippen LogP contribution in [0.4, 0.5) is 4.79 Å². The number of carbonyl (C=O) groups excluding carboxylic acids is 1. The first kappa shape index (κ1) is 19.2. The van der Waals surface area contributed by atoms with Crippen LogP contribution >= 0.6 is 0 Å². The lowest BCUT2D eigenvalue weighted by atomic mass is 10.1. The van der Waals surface area contributed by atoms with E-state index in [0.717, 1.165) is 37.6 Å². The number of fused-ring (bicyclic) bond motifs is 1. The number of rotatable bonds is 11. The second-order valence-electron chi connectivity index (χ2n) is 7.42. The van der Waals surface area contributed by atoms with Gasteiger partial charge in [0.15, 0.2) is 0 Å². The zero-order valence-electron chi connectivity index (χ0n) is 15.4. The first-order valence-electron chi connectivity index (χ1n) is 10.2. The zero-order valence-corrected chi connectivity index (χ0v) is 15.4. The van der Waals surface area contributed by atoms with Gasteiger partial charge in [-0.05, 0) is 37.0 Å². The third-order valence-electron chi connectivity index (χ3n) is 5.55. The minimum absolute atomic E-state index is 0.228. The van der Waals surface area contributed by atoms with Crippen LogP contribution < -0.4 is 5.32 Å². The standard InChI is InChI=1S/C21H35NO2/c1-2-3-4-5-6-7-10-13-16-22-21(23)24-17-20-18-14-11-8-9-12-15-19(18)20/h18-20H,2-7,10-17H2,1H3,(H,22,23)/t18-,19+,20?. The van der Waals surface area contributed by atoms with Crippen molar-refractivity contribution in [1.29, 1.82) is 0 Å². The second kappa shape index (κ2) is 11.4. The van der Waals surface area contributed by atoms with E-state index >= 15 is 0 Å². The molecule has 0 radical (unpaired) electrons. The Labute approximate surface area is 148 Å². The fourth-order valence-corrected chi connectivity index (χ4v) is 3.95. The summed E-state index contributed by atoms with van der Waals surface area (Å²) in [5.74, 6) is 8.52. The summed E-state index contributed by atoms with van der Waals surface area (Å²) in [4.78, 5) is 11.8. The molecule has 0 aliphatic heterocycles. The topological polar surface area (TPSA) is 38.3 Å². The van der Waals surface area contributed by atoms with Crippen LogP contribution in [0.5, 0.6) is 0 Å². The highest BCUT2D eigenvalue weighted by Gasteiger charge is 2.49.